The third kappa shape index (κ3) is 4.34. The van der Waals surface area contributed by atoms with Crippen LogP contribution in [0.2, 0.25) is 0 Å². The first-order chi connectivity index (χ1) is 16.3. The Morgan fingerprint density at radius 2 is 1.85 bits per heavy atom. The fourth-order valence-corrected chi connectivity index (χ4v) is 3.89. The Hall–Kier alpha value is -4.20. The van der Waals surface area contributed by atoms with E-state index in [-0.39, 0.29) is 17.7 Å². The largest absolute Gasteiger partial charge is 0.311 e. The van der Waals surface area contributed by atoms with Crippen molar-refractivity contribution >= 4 is 22.8 Å². The van der Waals surface area contributed by atoms with E-state index in [2.05, 4.69) is 64.6 Å². The minimum absolute atomic E-state index is 0.0763. The third-order valence-corrected chi connectivity index (χ3v) is 5.79. The van der Waals surface area contributed by atoms with Gasteiger partial charge in [0, 0.05) is 36.0 Å². The van der Waals surface area contributed by atoms with Crippen molar-refractivity contribution in [1.29, 1.82) is 0 Å². The minimum Gasteiger partial charge on any atom is -0.311 e. The zero-order chi connectivity index (χ0) is 23.9. The van der Waals surface area contributed by atoms with E-state index in [0.29, 0.717) is 5.82 Å². The van der Waals surface area contributed by atoms with Crippen molar-refractivity contribution in [1.82, 2.24) is 29.5 Å². The zero-order valence-corrected chi connectivity index (χ0v) is 19.7. The van der Waals surface area contributed by atoms with Gasteiger partial charge in [-0.1, -0.05) is 39.0 Å². The van der Waals surface area contributed by atoms with E-state index in [9.17, 15) is 4.79 Å². The topological polar surface area (TPSA) is 93.4 Å². The van der Waals surface area contributed by atoms with Gasteiger partial charge in [0.15, 0.2) is 0 Å². The molecule has 5 rings (SSSR count). The molecule has 0 aliphatic rings. The van der Waals surface area contributed by atoms with Crippen LogP contribution in [0.4, 0.5) is 5.82 Å². The maximum Gasteiger partial charge on any atom is 0.229 e. The summed E-state index contributed by atoms with van der Waals surface area (Å²) in [5, 5.41) is 14.3. The SMILES string of the molecule is Cn1cc(-c2ccc3c(c2)ncn3-c2ccc(CC(=O)Nc3cc(C(C)(C)C)n[nH]3)cc2)cn1. The lowest BCUT2D eigenvalue weighted by Crippen LogP contribution is -2.14. The number of benzene rings is 2. The smallest absolute Gasteiger partial charge is 0.229 e. The number of aryl methyl sites for hydroxylation is 1. The third-order valence-electron chi connectivity index (χ3n) is 5.79. The highest BCUT2D eigenvalue weighted by Gasteiger charge is 2.18. The van der Waals surface area contributed by atoms with Crippen LogP contribution in [0.15, 0.2) is 67.3 Å². The number of imidazole rings is 1. The molecule has 0 saturated heterocycles. The maximum absolute atomic E-state index is 12.5. The first-order valence-electron chi connectivity index (χ1n) is 11.2. The lowest BCUT2D eigenvalue weighted by atomic mass is 9.92. The Labute approximate surface area is 197 Å². The second kappa shape index (κ2) is 8.30. The van der Waals surface area contributed by atoms with Crippen LogP contribution in [0.5, 0.6) is 0 Å². The molecule has 172 valence electrons. The number of hydrogen-bond donors (Lipinski definition) is 2. The molecule has 0 atom stereocenters. The predicted molar refractivity (Wildman–Crippen MR) is 133 cm³/mol. The first kappa shape index (κ1) is 21.6. The molecule has 0 unspecified atom stereocenters. The summed E-state index contributed by atoms with van der Waals surface area (Å²) in [7, 11) is 1.91. The second-order valence-electron chi connectivity index (χ2n) is 9.53. The van der Waals surface area contributed by atoms with Gasteiger partial charge in [0.2, 0.25) is 5.91 Å². The Morgan fingerprint density at radius 1 is 1.06 bits per heavy atom. The molecule has 3 aromatic heterocycles. The number of carbonyl (C=O) groups is 1. The van der Waals surface area contributed by atoms with Crippen LogP contribution in [0.3, 0.4) is 0 Å². The molecule has 8 heteroatoms. The molecule has 0 fully saturated rings. The Morgan fingerprint density at radius 3 is 2.53 bits per heavy atom. The Bertz CT molecular complexity index is 1470. The molecule has 1 amide bonds. The van der Waals surface area contributed by atoms with Crippen LogP contribution in [0.1, 0.15) is 32.0 Å². The minimum atomic E-state index is -0.0899. The highest BCUT2D eigenvalue weighted by atomic mass is 16.1. The lowest BCUT2D eigenvalue weighted by molar-refractivity contribution is -0.115. The van der Waals surface area contributed by atoms with E-state index in [4.69, 9.17) is 0 Å². The summed E-state index contributed by atoms with van der Waals surface area (Å²) >= 11 is 0. The molecule has 8 nitrogen and oxygen atoms in total. The van der Waals surface area contributed by atoms with Gasteiger partial charge in [0.1, 0.15) is 12.1 Å². The van der Waals surface area contributed by atoms with Crippen molar-refractivity contribution in [2.24, 2.45) is 7.05 Å². The lowest BCUT2D eigenvalue weighted by Gasteiger charge is -2.13. The average molecular weight is 454 g/mol. The van der Waals surface area contributed by atoms with Crippen molar-refractivity contribution in [2.45, 2.75) is 32.6 Å². The van der Waals surface area contributed by atoms with Crippen molar-refractivity contribution in [2.75, 3.05) is 5.32 Å². The van der Waals surface area contributed by atoms with E-state index in [1.807, 2.05) is 60.7 Å². The van der Waals surface area contributed by atoms with Crippen LogP contribution < -0.4 is 5.32 Å². The van der Waals surface area contributed by atoms with Crippen molar-refractivity contribution < 1.29 is 4.79 Å². The molecule has 3 heterocycles. The first-order valence-corrected chi connectivity index (χ1v) is 11.2. The Kier molecular flexibility index (Phi) is 5.28. The normalized spacial score (nSPS) is 11.8. The number of rotatable bonds is 5. The predicted octanol–water partition coefficient (Wildman–Crippen LogP) is 4.63. The quantitative estimate of drug-likeness (QED) is 0.406. The number of nitrogens with one attached hydrogen (secondary N) is 2. The van der Waals surface area contributed by atoms with Crippen LogP contribution >= 0.6 is 0 Å². The Balaban J connectivity index is 1.29. The van der Waals surface area contributed by atoms with Gasteiger partial charge in [-0.2, -0.15) is 10.2 Å². The fraction of sp³-hybridized carbons (Fsp3) is 0.231. The molecule has 0 spiro atoms. The van der Waals surface area contributed by atoms with E-state index in [1.54, 1.807) is 4.68 Å². The summed E-state index contributed by atoms with van der Waals surface area (Å²) in [6, 6.07) is 16.1. The summed E-state index contributed by atoms with van der Waals surface area (Å²) in [4.78, 5) is 17.1. The summed E-state index contributed by atoms with van der Waals surface area (Å²) < 4.78 is 3.84. The molecular formula is C26H27N7O. The van der Waals surface area contributed by atoms with Crippen LogP contribution in [-0.4, -0.2) is 35.4 Å². The number of carbonyl (C=O) groups excluding carboxylic acids is 1. The van der Waals surface area contributed by atoms with E-state index >= 15 is 0 Å². The zero-order valence-electron chi connectivity index (χ0n) is 19.7. The van der Waals surface area contributed by atoms with Gasteiger partial charge in [-0.3, -0.25) is 19.1 Å². The number of nitrogens with zero attached hydrogens (tertiary/aromatic N) is 5. The molecule has 0 radical (unpaired) electrons. The van der Waals surface area contributed by atoms with Gasteiger partial charge in [-0.25, -0.2) is 4.98 Å². The monoisotopic (exact) mass is 453 g/mol. The highest BCUT2D eigenvalue weighted by molar-refractivity contribution is 5.91. The number of fused-ring (bicyclic) bond motifs is 1. The van der Waals surface area contributed by atoms with E-state index < -0.39 is 0 Å². The number of H-pyrrole nitrogens is 1. The van der Waals surface area contributed by atoms with Gasteiger partial charge in [-0.15, -0.1) is 0 Å². The molecule has 2 N–H and O–H groups in total. The van der Waals surface area contributed by atoms with Crippen LogP contribution in [0.25, 0.3) is 27.8 Å². The molecule has 34 heavy (non-hydrogen) atoms. The second-order valence-corrected chi connectivity index (χ2v) is 9.53. The molecule has 0 aliphatic heterocycles. The van der Waals surface area contributed by atoms with Gasteiger partial charge >= 0.3 is 0 Å². The molecule has 2 aromatic carbocycles. The van der Waals surface area contributed by atoms with Crippen molar-refractivity contribution in [3.8, 4) is 16.8 Å². The number of aromatic amines is 1. The summed E-state index contributed by atoms with van der Waals surface area (Å²) in [6.07, 6.45) is 5.94. The van der Waals surface area contributed by atoms with Crippen LogP contribution in [-0.2, 0) is 23.7 Å². The number of hydrogen-bond acceptors (Lipinski definition) is 4. The standard InChI is InChI=1S/C26H27N7O/c1-26(2,3)23-13-24(31-30-23)29-25(34)11-17-5-8-20(9-6-17)33-16-27-21-12-18(7-10-22(21)33)19-14-28-32(4)15-19/h5-10,12-16H,11H2,1-4H3,(H2,29,30,31,34). The van der Waals surface area contributed by atoms with Crippen molar-refractivity contribution in [3.05, 3.63) is 78.5 Å². The molecule has 0 saturated carbocycles. The average Bonchev–Trinajstić information content (AvgIpc) is 3.53. The van der Waals surface area contributed by atoms with E-state index in [1.165, 1.54) is 0 Å². The highest BCUT2D eigenvalue weighted by Crippen LogP contribution is 2.26. The van der Waals surface area contributed by atoms with Crippen molar-refractivity contribution in [3.63, 3.8) is 0 Å². The van der Waals surface area contributed by atoms with E-state index in [0.717, 1.165) is 39.1 Å². The number of amides is 1. The van der Waals surface area contributed by atoms with Crippen LogP contribution in [0, 0.1) is 0 Å². The number of aromatic nitrogens is 6. The number of anilines is 1. The summed E-state index contributed by atoms with van der Waals surface area (Å²) in [6.45, 7) is 6.25. The molecule has 0 bridgehead atoms. The van der Waals surface area contributed by atoms with Gasteiger partial charge in [-0.05, 0) is 35.4 Å². The summed E-state index contributed by atoms with van der Waals surface area (Å²) in [5.74, 6) is 0.523. The van der Waals surface area contributed by atoms with Gasteiger partial charge in [0.05, 0.1) is 29.3 Å². The maximum atomic E-state index is 12.5. The van der Waals surface area contributed by atoms with Gasteiger partial charge in [0.25, 0.3) is 0 Å². The molecule has 5 aromatic rings. The fourth-order valence-electron chi connectivity index (χ4n) is 3.89. The molecular weight excluding hydrogens is 426 g/mol. The van der Waals surface area contributed by atoms with Gasteiger partial charge < -0.3 is 5.32 Å². The molecule has 0 aliphatic carbocycles. The summed E-state index contributed by atoms with van der Waals surface area (Å²) in [5.41, 5.74) is 6.83.